The summed E-state index contributed by atoms with van der Waals surface area (Å²) in [5.41, 5.74) is 2.48. The van der Waals surface area contributed by atoms with Crippen molar-refractivity contribution >= 4 is 9.84 Å². The molecule has 2 heterocycles. The second kappa shape index (κ2) is 7.79. The molecule has 0 spiro atoms. The average Bonchev–Trinajstić information content (AvgIpc) is 3.37. The first kappa shape index (κ1) is 19.9. The fourth-order valence-electron chi connectivity index (χ4n) is 3.16. The van der Waals surface area contributed by atoms with Crippen molar-refractivity contribution in [2.24, 2.45) is 0 Å². The molecule has 0 aliphatic heterocycles. The number of hydrogen-bond acceptors (Lipinski definition) is 7. The molecule has 8 heteroatoms. The molecule has 2 aromatic heterocycles. The number of benzene rings is 2. The SMILES string of the molecule is COc1ccc(-c2noc(-c3ccc(CS(=O)(=O)c4ccc(C)cc4C)o3)n2)cc1. The zero-order valence-corrected chi connectivity index (χ0v) is 17.6. The number of methoxy groups -OCH3 is 1. The molecule has 0 saturated heterocycles. The van der Waals surface area contributed by atoms with Crippen molar-refractivity contribution in [2.45, 2.75) is 24.5 Å². The van der Waals surface area contributed by atoms with Crippen LogP contribution >= 0.6 is 0 Å². The van der Waals surface area contributed by atoms with Gasteiger partial charge in [0.15, 0.2) is 15.6 Å². The average molecular weight is 424 g/mol. The Hall–Kier alpha value is -3.39. The lowest BCUT2D eigenvalue weighted by molar-refractivity contribution is 0.412. The number of aromatic nitrogens is 2. The highest BCUT2D eigenvalue weighted by molar-refractivity contribution is 7.90. The standard InChI is InChI=1S/C22H20N2O5S/c1-14-4-11-20(15(2)12-14)30(25,26)13-18-9-10-19(28-18)22-23-21(24-29-22)16-5-7-17(27-3)8-6-16/h4-12H,13H2,1-3H3. The number of rotatable bonds is 6. The smallest absolute Gasteiger partial charge is 0.293 e. The van der Waals surface area contributed by atoms with Gasteiger partial charge in [-0.15, -0.1) is 0 Å². The molecule has 0 aliphatic rings. The number of sulfone groups is 1. The van der Waals surface area contributed by atoms with Gasteiger partial charge in [-0.1, -0.05) is 22.9 Å². The van der Waals surface area contributed by atoms with Crippen molar-refractivity contribution in [3.8, 4) is 28.8 Å². The lowest BCUT2D eigenvalue weighted by Gasteiger charge is -2.07. The lowest BCUT2D eigenvalue weighted by Crippen LogP contribution is -2.06. The summed E-state index contributed by atoms with van der Waals surface area (Å²) in [5, 5.41) is 3.96. The van der Waals surface area contributed by atoms with Gasteiger partial charge in [-0.2, -0.15) is 4.98 Å². The normalized spacial score (nSPS) is 11.6. The predicted molar refractivity (Wildman–Crippen MR) is 111 cm³/mol. The van der Waals surface area contributed by atoms with E-state index in [4.69, 9.17) is 13.7 Å². The van der Waals surface area contributed by atoms with Crippen LogP contribution < -0.4 is 4.74 Å². The minimum Gasteiger partial charge on any atom is -0.497 e. The number of hydrogen-bond donors (Lipinski definition) is 0. The fourth-order valence-corrected chi connectivity index (χ4v) is 4.67. The van der Waals surface area contributed by atoms with Crippen LogP contribution in [0.1, 0.15) is 16.9 Å². The zero-order valence-electron chi connectivity index (χ0n) is 16.7. The topological polar surface area (TPSA) is 95.4 Å². The Labute approximate surface area is 174 Å². The number of furan rings is 1. The van der Waals surface area contributed by atoms with Gasteiger partial charge in [-0.3, -0.25) is 0 Å². The number of aryl methyl sites for hydroxylation is 2. The molecule has 2 aromatic carbocycles. The van der Waals surface area contributed by atoms with Gasteiger partial charge >= 0.3 is 0 Å². The second-order valence-electron chi connectivity index (χ2n) is 6.95. The summed E-state index contributed by atoms with van der Waals surface area (Å²) in [6.07, 6.45) is 0. The number of nitrogens with zero attached hydrogens (tertiary/aromatic N) is 2. The van der Waals surface area contributed by atoms with Crippen LogP contribution in [0.3, 0.4) is 0 Å². The molecule has 0 amide bonds. The molecule has 0 unspecified atom stereocenters. The molecule has 4 aromatic rings. The van der Waals surface area contributed by atoms with Crippen molar-refractivity contribution in [1.29, 1.82) is 0 Å². The Kier molecular flexibility index (Phi) is 5.17. The first-order valence-corrected chi connectivity index (χ1v) is 10.9. The summed E-state index contributed by atoms with van der Waals surface area (Å²) in [5.74, 6) is 1.66. The van der Waals surface area contributed by atoms with Crippen LogP contribution in [-0.2, 0) is 15.6 Å². The highest BCUT2D eigenvalue weighted by Gasteiger charge is 2.21. The van der Waals surface area contributed by atoms with Crippen LogP contribution in [0.15, 0.2) is 68.4 Å². The van der Waals surface area contributed by atoms with Gasteiger partial charge in [0.25, 0.3) is 5.89 Å². The first-order valence-electron chi connectivity index (χ1n) is 9.23. The molecule has 0 radical (unpaired) electrons. The predicted octanol–water partition coefficient (Wildman–Crippen LogP) is 4.60. The summed E-state index contributed by atoms with van der Waals surface area (Å²) in [7, 11) is -1.95. The quantitative estimate of drug-likeness (QED) is 0.446. The van der Waals surface area contributed by atoms with E-state index in [9.17, 15) is 8.42 Å². The minimum atomic E-state index is -3.55. The van der Waals surface area contributed by atoms with E-state index in [1.165, 1.54) is 0 Å². The summed E-state index contributed by atoms with van der Waals surface area (Å²) in [6.45, 7) is 3.71. The minimum absolute atomic E-state index is 0.177. The van der Waals surface area contributed by atoms with Gasteiger partial charge in [0.2, 0.25) is 5.82 Å². The third-order valence-corrected chi connectivity index (χ3v) is 6.44. The van der Waals surface area contributed by atoms with Crippen molar-refractivity contribution in [3.63, 3.8) is 0 Å². The lowest BCUT2D eigenvalue weighted by atomic mass is 10.2. The van der Waals surface area contributed by atoms with E-state index in [-0.39, 0.29) is 11.6 Å². The van der Waals surface area contributed by atoms with E-state index in [2.05, 4.69) is 10.1 Å². The summed E-state index contributed by atoms with van der Waals surface area (Å²) in [4.78, 5) is 4.63. The van der Waals surface area contributed by atoms with Gasteiger partial charge < -0.3 is 13.7 Å². The molecular weight excluding hydrogens is 404 g/mol. The van der Waals surface area contributed by atoms with E-state index >= 15 is 0 Å². The Morgan fingerprint density at radius 1 is 1.00 bits per heavy atom. The van der Waals surface area contributed by atoms with E-state index in [1.807, 2.05) is 25.1 Å². The highest BCUT2D eigenvalue weighted by atomic mass is 32.2. The first-order chi connectivity index (χ1) is 14.4. The van der Waals surface area contributed by atoms with E-state index in [0.717, 1.165) is 16.9 Å². The maximum atomic E-state index is 12.8. The zero-order chi connectivity index (χ0) is 21.3. The van der Waals surface area contributed by atoms with Gasteiger partial charge in [0, 0.05) is 5.56 Å². The third-order valence-electron chi connectivity index (χ3n) is 4.64. The third kappa shape index (κ3) is 3.99. The van der Waals surface area contributed by atoms with Crippen LogP contribution in [-0.4, -0.2) is 25.7 Å². The summed E-state index contributed by atoms with van der Waals surface area (Å²) in [6, 6.07) is 15.7. The monoisotopic (exact) mass is 424 g/mol. The van der Waals surface area contributed by atoms with Crippen LogP contribution in [0.4, 0.5) is 0 Å². The molecule has 154 valence electrons. The van der Waals surface area contributed by atoms with Crippen molar-refractivity contribution in [2.75, 3.05) is 7.11 Å². The van der Waals surface area contributed by atoms with Gasteiger partial charge in [0.05, 0.1) is 12.0 Å². The van der Waals surface area contributed by atoms with Crippen molar-refractivity contribution < 1.29 is 22.1 Å². The number of ether oxygens (including phenoxy) is 1. The largest absolute Gasteiger partial charge is 0.497 e. The van der Waals surface area contributed by atoms with Gasteiger partial charge in [-0.25, -0.2) is 8.42 Å². The summed E-state index contributed by atoms with van der Waals surface area (Å²) >= 11 is 0. The van der Waals surface area contributed by atoms with E-state index in [1.54, 1.807) is 50.4 Å². The van der Waals surface area contributed by atoms with Crippen LogP contribution in [0.25, 0.3) is 23.0 Å². The van der Waals surface area contributed by atoms with Gasteiger partial charge in [-0.05, 0) is 61.9 Å². The summed E-state index contributed by atoms with van der Waals surface area (Å²) < 4.78 is 41.7. The molecule has 30 heavy (non-hydrogen) atoms. The van der Waals surface area contributed by atoms with Crippen molar-refractivity contribution in [3.05, 3.63) is 71.5 Å². The van der Waals surface area contributed by atoms with Crippen molar-refractivity contribution in [1.82, 2.24) is 10.1 Å². The molecule has 0 fully saturated rings. The Morgan fingerprint density at radius 3 is 2.47 bits per heavy atom. The second-order valence-corrected chi connectivity index (χ2v) is 8.90. The maximum absolute atomic E-state index is 12.8. The van der Waals surface area contributed by atoms with Crippen LogP contribution in [0.5, 0.6) is 5.75 Å². The van der Waals surface area contributed by atoms with E-state index < -0.39 is 9.84 Å². The Morgan fingerprint density at radius 2 is 1.77 bits per heavy atom. The Balaban J connectivity index is 1.55. The molecule has 7 nitrogen and oxygen atoms in total. The molecular formula is C22H20N2O5S. The van der Waals surface area contributed by atoms with Crippen LogP contribution in [0.2, 0.25) is 0 Å². The van der Waals surface area contributed by atoms with Crippen LogP contribution in [0, 0.1) is 13.8 Å². The molecule has 0 aliphatic carbocycles. The molecule has 0 saturated carbocycles. The molecule has 0 N–H and O–H groups in total. The Bertz CT molecular complexity index is 1290. The molecule has 0 atom stereocenters. The maximum Gasteiger partial charge on any atom is 0.293 e. The molecule has 0 bridgehead atoms. The van der Waals surface area contributed by atoms with E-state index in [0.29, 0.717) is 27.8 Å². The fraction of sp³-hybridized carbons (Fsp3) is 0.182. The highest BCUT2D eigenvalue weighted by Crippen LogP contribution is 2.27. The van der Waals surface area contributed by atoms with Gasteiger partial charge in [0.1, 0.15) is 17.3 Å². The molecule has 4 rings (SSSR count).